The van der Waals surface area contributed by atoms with Gasteiger partial charge in [-0.1, -0.05) is 30.3 Å². The summed E-state index contributed by atoms with van der Waals surface area (Å²) in [4.78, 5) is 23.9. The summed E-state index contributed by atoms with van der Waals surface area (Å²) in [7, 11) is 1.64. The van der Waals surface area contributed by atoms with E-state index in [9.17, 15) is 9.59 Å². The molecule has 2 amide bonds. The third kappa shape index (κ3) is 3.65. The Labute approximate surface area is 196 Å². The average Bonchev–Trinajstić information content (AvgIpc) is 3.17. The summed E-state index contributed by atoms with van der Waals surface area (Å²) in [5.74, 6) is -0.188. The molecule has 167 valence electrons. The van der Waals surface area contributed by atoms with E-state index in [1.54, 1.807) is 25.3 Å². The van der Waals surface area contributed by atoms with E-state index in [1.165, 1.54) is 0 Å². The molecule has 6 heteroatoms. The second-order valence-corrected chi connectivity index (χ2v) is 8.09. The molecule has 4 N–H and O–H groups in total. The van der Waals surface area contributed by atoms with Gasteiger partial charge in [0.25, 0.3) is 0 Å². The number of nitrogens with two attached hydrogens (primary N) is 2. The predicted octanol–water partition coefficient (Wildman–Crippen LogP) is 4.52. The molecule has 1 heterocycles. The van der Waals surface area contributed by atoms with Gasteiger partial charge in [-0.25, -0.2) is 0 Å². The summed E-state index contributed by atoms with van der Waals surface area (Å²) < 4.78 is 7.39. The van der Waals surface area contributed by atoms with Crippen LogP contribution in [0.25, 0.3) is 32.9 Å². The number of hydrogen-bond donors (Lipinski definition) is 2. The van der Waals surface area contributed by atoms with Crippen LogP contribution in [-0.2, 0) is 6.54 Å². The maximum Gasteiger partial charge on any atom is 0.249 e. The molecule has 5 rings (SSSR count). The second kappa shape index (κ2) is 8.41. The van der Waals surface area contributed by atoms with Gasteiger partial charge in [0.15, 0.2) is 0 Å². The van der Waals surface area contributed by atoms with Crippen LogP contribution in [0.4, 0.5) is 0 Å². The zero-order chi connectivity index (χ0) is 23.8. The molecule has 5 aromatic rings. The Morgan fingerprint density at radius 2 is 1.65 bits per heavy atom. The summed E-state index contributed by atoms with van der Waals surface area (Å²) >= 11 is 0. The molecule has 0 saturated heterocycles. The number of primary amides is 2. The van der Waals surface area contributed by atoms with E-state index in [0.717, 1.165) is 44.2 Å². The minimum atomic E-state index is -0.493. The van der Waals surface area contributed by atoms with Crippen molar-refractivity contribution in [2.24, 2.45) is 11.5 Å². The van der Waals surface area contributed by atoms with Crippen LogP contribution in [0.1, 0.15) is 26.3 Å². The highest BCUT2D eigenvalue weighted by Gasteiger charge is 2.18. The zero-order valence-corrected chi connectivity index (χ0v) is 18.5. The van der Waals surface area contributed by atoms with E-state index >= 15 is 0 Å². The smallest absolute Gasteiger partial charge is 0.249 e. The first-order valence-corrected chi connectivity index (χ1v) is 10.8. The van der Waals surface area contributed by atoms with Crippen molar-refractivity contribution >= 4 is 33.6 Å². The second-order valence-electron chi connectivity index (χ2n) is 8.09. The van der Waals surface area contributed by atoms with E-state index in [-0.39, 0.29) is 0 Å². The van der Waals surface area contributed by atoms with Crippen molar-refractivity contribution in [1.29, 1.82) is 0 Å². The molecule has 34 heavy (non-hydrogen) atoms. The Morgan fingerprint density at radius 3 is 2.35 bits per heavy atom. The fraction of sp³-hybridized carbons (Fsp3) is 0.0714. The van der Waals surface area contributed by atoms with Gasteiger partial charge in [-0.2, -0.15) is 0 Å². The highest BCUT2D eigenvalue weighted by molar-refractivity contribution is 6.18. The monoisotopic (exact) mass is 448 g/mol. The Kier molecular flexibility index (Phi) is 5.26. The van der Waals surface area contributed by atoms with E-state index < -0.39 is 11.8 Å². The quantitative estimate of drug-likeness (QED) is 0.399. The molecule has 0 aliphatic carbocycles. The van der Waals surface area contributed by atoms with Crippen molar-refractivity contribution in [2.45, 2.75) is 6.54 Å². The van der Waals surface area contributed by atoms with Crippen molar-refractivity contribution in [2.75, 3.05) is 7.11 Å². The van der Waals surface area contributed by atoms with Crippen LogP contribution in [0.5, 0.6) is 5.75 Å². The lowest BCUT2D eigenvalue weighted by Crippen LogP contribution is -2.12. The van der Waals surface area contributed by atoms with Gasteiger partial charge in [-0.15, -0.1) is 0 Å². The van der Waals surface area contributed by atoms with Gasteiger partial charge in [-0.05, 0) is 71.3 Å². The van der Waals surface area contributed by atoms with Crippen LogP contribution < -0.4 is 16.2 Å². The number of rotatable bonds is 6. The highest BCUT2D eigenvalue weighted by atomic mass is 16.5. The molecule has 0 atom stereocenters. The SMILES string of the molecule is COc1ccc(-c2c[c]c3c4c(C(N)=O)cccc4n(Cc4cccc(C(N)=O)c4)c3c2)cc1. The van der Waals surface area contributed by atoms with Crippen LogP contribution >= 0.6 is 0 Å². The molecule has 6 nitrogen and oxygen atoms in total. The minimum absolute atomic E-state index is 0.445. The lowest BCUT2D eigenvalue weighted by atomic mass is 10.0. The molecule has 0 bridgehead atoms. The van der Waals surface area contributed by atoms with Gasteiger partial charge < -0.3 is 20.8 Å². The van der Waals surface area contributed by atoms with Crippen molar-refractivity contribution in [3.05, 3.63) is 102 Å². The number of aromatic nitrogens is 1. The van der Waals surface area contributed by atoms with E-state index in [2.05, 4.69) is 16.7 Å². The molecule has 0 aliphatic heterocycles. The van der Waals surface area contributed by atoms with Gasteiger partial charge in [-0.3, -0.25) is 9.59 Å². The maximum atomic E-state index is 12.2. The molecule has 0 saturated carbocycles. The first-order chi connectivity index (χ1) is 16.5. The summed E-state index contributed by atoms with van der Waals surface area (Å²) in [6, 6.07) is 27.9. The summed E-state index contributed by atoms with van der Waals surface area (Å²) in [5, 5.41) is 1.57. The van der Waals surface area contributed by atoms with Crippen molar-refractivity contribution in [3.63, 3.8) is 0 Å². The van der Waals surface area contributed by atoms with Crippen LogP contribution in [0.3, 0.4) is 0 Å². The van der Waals surface area contributed by atoms with Gasteiger partial charge in [0.05, 0.1) is 18.1 Å². The molecule has 1 aromatic heterocycles. The molecule has 0 unspecified atom stereocenters. The molecular weight excluding hydrogens is 426 g/mol. The number of methoxy groups -OCH3 is 1. The predicted molar refractivity (Wildman–Crippen MR) is 133 cm³/mol. The summed E-state index contributed by atoms with van der Waals surface area (Å²) in [6.07, 6.45) is 0. The Morgan fingerprint density at radius 1 is 0.882 bits per heavy atom. The number of amides is 2. The third-order valence-electron chi connectivity index (χ3n) is 6.04. The number of benzene rings is 4. The number of fused-ring (bicyclic) bond motifs is 3. The third-order valence-corrected chi connectivity index (χ3v) is 6.04. The minimum Gasteiger partial charge on any atom is -0.497 e. The normalized spacial score (nSPS) is 11.1. The van der Waals surface area contributed by atoms with E-state index in [0.29, 0.717) is 17.7 Å². The van der Waals surface area contributed by atoms with Crippen LogP contribution in [0.2, 0.25) is 0 Å². The zero-order valence-electron chi connectivity index (χ0n) is 18.5. The van der Waals surface area contributed by atoms with Crippen LogP contribution in [-0.4, -0.2) is 23.5 Å². The largest absolute Gasteiger partial charge is 0.497 e. The van der Waals surface area contributed by atoms with Crippen molar-refractivity contribution in [3.8, 4) is 16.9 Å². The fourth-order valence-electron chi connectivity index (χ4n) is 4.39. The number of ether oxygens (including phenoxy) is 1. The number of carbonyl (C=O) groups is 2. The number of nitrogens with zero attached hydrogens (tertiary/aromatic N) is 1. The molecule has 4 aromatic carbocycles. The van der Waals surface area contributed by atoms with Gasteiger partial charge in [0.1, 0.15) is 5.75 Å². The number of carbonyl (C=O) groups excluding carboxylic acids is 2. The highest BCUT2D eigenvalue weighted by Crippen LogP contribution is 2.35. The Balaban J connectivity index is 1.75. The number of hydrogen-bond acceptors (Lipinski definition) is 3. The molecular formula is C28H22N3O3. The lowest BCUT2D eigenvalue weighted by Gasteiger charge is -2.10. The van der Waals surface area contributed by atoms with E-state index in [1.807, 2.05) is 54.6 Å². The van der Waals surface area contributed by atoms with Gasteiger partial charge in [0, 0.05) is 28.4 Å². The van der Waals surface area contributed by atoms with Crippen LogP contribution in [0, 0.1) is 6.07 Å². The fourth-order valence-corrected chi connectivity index (χ4v) is 4.39. The molecule has 0 fully saturated rings. The average molecular weight is 449 g/mol. The summed E-state index contributed by atoms with van der Waals surface area (Å²) in [6.45, 7) is 0.475. The molecule has 0 spiro atoms. The standard InChI is InChI=1S/C28H22N3O3/c1-34-21-11-8-18(9-12-21)19-10-13-22-25(15-19)31(16-17-4-2-5-20(14-17)27(29)32)24-7-3-6-23(26(22)24)28(30)33/h2-12,14-15H,16H2,1H3,(H2,29,32)(H2,30,33). The van der Waals surface area contributed by atoms with Crippen molar-refractivity contribution < 1.29 is 14.3 Å². The van der Waals surface area contributed by atoms with Crippen molar-refractivity contribution in [1.82, 2.24) is 4.57 Å². The Hall–Kier alpha value is -4.58. The lowest BCUT2D eigenvalue weighted by molar-refractivity contribution is 0.0992. The Bertz CT molecular complexity index is 1570. The topological polar surface area (TPSA) is 100 Å². The molecule has 1 radical (unpaired) electrons. The van der Waals surface area contributed by atoms with Gasteiger partial charge >= 0.3 is 0 Å². The van der Waals surface area contributed by atoms with Gasteiger partial charge in [0.2, 0.25) is 11.8 Å². The molecule has 0 aliphatic rings. The van der Waals surface area contributed by atoms with E-state index in [4.69, 9.17) is 16.2 Å². The summed E-state index contributed by atoms with van der Waals surface area (Å²) in [5.41, 5.74) is 16.8. The maximum absolute atomic E-state index is 12.2. The first kappa shape index (κ1) is 21.3. The van der Waals surface area contributed by atoms with Crippen LogP contribution in [0.15, 0.2) is 78.9 Å². The first-order valence-electron chi connectivity index (χ1n) is 10.8.